The van der Waals surface area contributed by atoms with Crippen molar-refractivity contribution < 1.29 is 17.9 Å². The second-order valence-corrected chi connectivity index (χ2v) is 9.50. The molecule has 168 valence electrons. The molecule has 0 unspecified atom stereocenters. The maximum absolute atomic E-state index is 12.5. The number of benzene rings is 2. The summed E-state index contributed by atoms with van der Waals surface area (Å²) >= 11 is 0. The minimum absolute atomic E-state index is 0.282. The van der Waals surface area contributed by atoms with Crippen LogP contribution < -0.4 is 19.3 Å². The van der Waals surface area contributed by atoms with Crippen molar-refractivity contribution in [1.82, 2.24) is 5.32 Å². The van der Waals surface area contributed by atoms with Gasteiger partial charge >= 0.3 is 0 Å². The van der Waals surface area contributed by atoms with Crippen LogP contribution in [0.15, 0.2) is 48.5 Å². The van der Waals surface area contributed by atoms with Crippen LogP contribution in [0.1, 0.15) is 25.3 Å². The number of aryl methyl sites for hydroxylation is 1. The van der Waals surface area contributed by atoms with Crippen LogP contribution in [0, 0.1) is 0 Å². The molecular formula is C23H31N3O4S. The number of ether oxygens (including phenoxy) is 1. The third-order valence-electron chi connectivity index (χ3n) is 5.25. The average molecular weight is 446 g/mol. The van der Waals surface area contributed by atoms with Crippen molar-refractivity contribution in [2.45, 2.75) is 26.2 Å². The molecule has 0 bridgehead atoms. The van der Waals surface area contributed by atoms with Crippen molar-refractivity contribution in [3.05, 3.63) is 54.1 Å². The third-order valence-corrected chi connectivity index (χ3v) is 6.38. The van der Waals surface area contributed by atoms with Crippen LogP contribution in [0.5, 0.6) is 5.75 Å². The van der Waals surface area contributed by atoms with E-state index >= 15 is 0 Å². The summed E-state index contributed by atoms with van der Waals surface area (Å²) < 4.78 is 31.4. The number of para-hydroxylation sites is 3. The van der Waals surface area contributed by atoms with E-state index in [1.54, 1.807) is 24.3 Å². The molecule has 0 saturated heterocycles. The fourth-order valence-electron chi connectivity index (χ4n) is 3.85. The minimum Gasteiger partial charge on any atom is -0.492 e. The quantitative estimate of drug-likeness (QED) is 0.569. The summed E-state index contributed by atoms with van der Waals surface area (Å²) in [7, 11) is -3.65. The van der Waals surface area contributed by atoms with Crippen LogP contribution in [0.4, 0.5) is 11.4 Å². The van der Waals surface area contributed by atoms with Gasteiger partial charge in [-0.25, -0.2) is 8.42 Å². The summed E-state index contributed by atoms with van der Waals surface area (Å²) in [5, 5.41) is 2.86. The van der Waals surface area contributed by atoms with Gasteiger partial charge in [0, 0.05) is 25.3 Å². The fourth-order valence-corrected chi connectivity index (χ4v) is 4.71. The molecule has 7 nitrogen and oxygen atoms in total. The molecule has 2 aromatic rings. The molecule has 1 amide bonds. The zero-order valence-electron chi connectivity index (χ0n) is 18.2. The van der Waals surface area contributed by atoms with Gasteiger partial charge in [0.2, 0.25) is 15.9 Å². The van der Waals surface area contributed by atoms with Gasteiger partial charge in [-0.05, 0) is 49.9 Å². The molecule has 0 saturated carbocycles. The minimum atomic E-state index is -3.65. The van der Waals surface area contributed by atoms with Gasteiger partial charge in [0.1, 0.15) is 12.3 Å². The molecule has 3 rings (SSSR count). The number of carbonyl (C=O) groups excluding carboxylic acids is 1. The van der Waals surface area contributed by atoms with Crippen molar-refractivity contribution in [2.75, 3.05) is 48.2 Å². The molecule has 1 aliphatic heterocycles. The lowest BCUT2D eigenvalue weighted by atomic mass is 10.0. The predicted octanol–water partition coefficient (Wildman–Crippen LogP) is 2.81. The normalized spacial score (nSPS) is 13.4. The third kappa shape index (κ3) is 6.13. The Labute approximate surface area is 185 Å². The standard InChI is InChI=1S/C23H31N3O4S/c1-3-30-22-14-7-6-13-21(22)26(31(2,28)29)18-23(27)24-15-9-17-25-16-8-11-19-10-4-5-12-20(19)25/h4-7,10,12-14H,3,8-9,11,15-18H2,1-2H3,(H,24,27). The van der Waals surface area contributed by atoms with Crippen molar-refractivity contribution >= 4 is 27.3 Å². The van der Waals surface area contributed by atoms with Crippen molar-refractivity contribution in [3.8, 4) is 5.75 Å². The lowest BCUT2D eigenvalue weighted by Crippen LogP contribution is -2.41. The molecule has 0 aliphatic carbocycles. The van der Waals surface area contributed by atoms with E-state index in [4.69, 9.17) is 4.74 Å². The van der Waals surface area contributed by atoms with Gasteiger partial charge in [-0.15, -0.1) is 0 Å². The molecular weight excluding hydrogens is 414 g/mol. The lowest BCUT2D eigenvalue weighted by molar-refractivity contribution is -0.119. The first kappa shape index (κ1) is 22.9. The number of carbonyl (C=O) groups is 1. The van der Waals surface area contributed by atoms with Gasteiger partial charge in [0.25, 0.3) is 0 Å². The molecule has 0 radical (unpaired) electrons. The highest BCUT2D eigenvalue weighted by Gasteiger charge is 2.24. The highest BCUT2D eigenvalue weighted by Crippen LogP contribution is 2.29. The molecule has 1 aliphatic rings. The first-order valence-corrected chi connectivity index (χ1v) is 12.5. The molecule has 0 aromatic heterocycles. The SMILES string of the molecule is CCOc1ccccc1N(CC(=O)NCCCN1CCCc2ccccc21)S(C)(=O)=O. The second-order valence-electron chi connectivity index (χ2n) is 7.59. The van der Waals surface area contributed by atoms with Crippen molar-refractivity contribution in [2.24, 2.45) is 0 Å². The summed E-state index contributed by atoms with van der Waals surface area (Å²) in [6.45, 7) is 4.30. The van der Waals surface area contributed by atoms with Crippen LogP contribution in [0.2, 0.25) is 0 Å². The number of hydrogen-bond donors (Lipinski definition) is 1. The summed E-state index contributed by atoms with van der Waals surface area (Å²) in [6, 6.07) is 15.3. The number of amides is 1. The molecule has 0 spiro atoms. The Morgan fingerprint density at radius 3 is 2.68 bits per heavy atom. The van der Waals surface area contributed by atoms with Gasteiger partial charge in [-0.1, -0.05) is 30.3 Å². The Bertz CT molecular complexity index is 994. The van der Waals surface area contributed by atoms with E-state index in [1.807, 2.05) is 6.92 Å². The smallest absolute Gasteiger partial charge is 0.240 e. The summed E-state index contributed by atoms with van der Waals surface area (Å²) in [6.07, 6.45) is 4.12. The maximum atomic E-state index is 12.5. The van der Waals surface area contributed by atoms with Gasteiger partial charge < -0.3 is 15.0 Å². The lowest BCUT2D eigenvalue weighted by Gasteiger charge is -2.31. The summed E-state index contributed by atoms with van der Waals surface area (Å²) in [4.78, 5) is 14.9. The van der Waals surface area contributed by atoms with Crippen molar-refractivity contribution in [1.29, 1.82) is 0 Å². The number of rotatable bonds is 10. The number of hydrogen-bond acceptors (Lipinski definition) is 5. The molecule has 0 atom stereocenters. The van der Waals surface area contributed by atoms with Crippen LogP contribution in [0.3, 0.4) is 0 Å². The van der Waals surface area contributed by atoms with E-state index in [0.29, 0.717) is 24.6 Å². The van der Waals surface area contributed by atoms with Gasteiger partial charge in [0.15, 0.2) is 0 Å². The topological polar surface area (TPSA) is 79.0 Å². The van der Waals surface area contributed by atoms with E-state index < -0.39 is 10.0 Å². The zero-order chi connectivity index (χ0) is 22.3. The first-order chi connectivity index (χ1) is 14.9. The Morgan fingerprint density at radius 2 is 1.90 bits per heavy atom. The number of nitrogens with zero attached hydrogens (tertiary/aromatic N) is 2. The van der Waals surface area contributed by atoms with E-state index in [-0.39, 0.29) is 12.5 Å². The monoisotopic (exact) mass is 445 g/mol. The maximum Gasteiger partial charge on any atom is 0.240 e. The molecule has 1 N–H and O–H groups in total. The van der Waals surface area contributed by atoms with Crippen LogP contribution in [-0.2, 0) is 21.2 Å². The zero-order valence-corrected chi connectivity index (χ0v) is 19.0. The van der Waals surface area contributed by atoms with Crippen LogP contribution in [0.25, 0.3) is 0 Å². The van der Waals surface area contributed by atoms with E-state index in [0.717, 1.165) is 42.9 Å². The molecule has 0 fully saturated rings. The average Bonchev–Trinajstić information content (AvgIpc) is 2.75. The summed E-state index contributed by atoms with van der Waals surface area (Å²) in [5.41, 5.74) is 3.01. The number of nitrogens with one attached hydrogen (secondary N) is 1. The van der Waals surface area contributed by atoms with E-state index in [1.165, 1.54) is 11.3 Å². The Balaban J connectivity index is 1.56. The van der Waals surface area contributed by atoms with E-state index in [9.17, 15) is 13.2 Å². The molecule has 8 heteroatoms. The predicted molar refractivity (Wildman–Crippen MR) is 124 cm³/mol. The molecule has 31 heavy (non-hydrogen) atoms. The number of sulfonamides is 1. The van der Waals surface area contributed by atoms with Crippen LogP contribution in [-0.4, -0.2) is 53.4 Å². The highest BCUT2D eigenvalue weighted by atomic mass is 32.2. The highest BCUT2D eigenvalue weighted by molar-refractivity contribution is 7.92. The first-order valence-electron chi connectivity index (χ1n) is 10.7. The largest absolute Gasteiger partial charge is 0.492 e. The Hall–Kier alpha value is -2.74. The Kier molecular flexibility index (Phi) is 7.79. The fraction of sp³-hybridized carbons (Fsp3) is 0.435. The van der Waals surface area contributed by atoms with Gasteiger partial charge in [0.05, 0.1) is 18.6 Å². The van der Waals surface area contributed by atoms with Gasteiger partial charge in [-0.2, -0.15) is 0 Å². The van der Waals surface area contributed by atoms with Crippen LogP contribution >= 0.6 is 0 Å². The molecule has 1 heterocycles. The van der Waals surface area contributed by atoms with Gasteiger partial charge in [-0.3, -0.25) is 9.10 Å². The Morgan fingerprint density at radius 1 is 1.16 bits per heavy atom. The molecule has 2 aromatic carbocycles. The van der Waals surface area contributed by atoms with E-state index in [2.05, 4.69) is 34.5 Å². The summed E-state index contributed by atoms with van der Waals surface area (Å²) in [5.74, 6) is 0.0998. The van der Waals surface area contributed by atoms with Crippen molar-refractivity contribution in [3.63, 3.8) is 0 Å². The second kappa shape index (κ2) is 10.5. The number of fused-ring (bicyclic) bond motifs is 1. The number of anilines is 2.